The summed E-state index contributed by atoms with van der Waals surface area (Å²) in [7, 11) is 4.88. The molecule has 3 unspecified atom stereocenters. The van der Waals surface area contributed by atoms with Gasteiger partial charge in [-0.1, -0.05) is 6.07 Å². The predicted molar refractivity (Wildman–Crippen MR) is 121 cm³/mol. The van der Waals surface area contributed by atoms with Gasteiger partial charge in [-0.05, 0) is 44.4 Å². The largest absolute Gasteiger partial charge is 0.493 e. The Hall–Kier alpha value is -2.95. The van der Waals surface area contributed by atoms with Gasteiger partial charge < -0.3 is 14.2 Å². The van der Waals surface area contributed by atoms with Crippen LogP contribution in [-0.4, -0.2) is 79.7 Å². The highest BCUT2D eigenvalue weighted by Crippen LogP contribution is 2.55. The molecule has 35 heavy (non-hydrogen) atoms. The molecule has 3 atom stereocenters. The lowest BCUT2D eigenvalue weighted by atomic mass is 9.61. The number of unbranched alkanes of at least 4 members (excludes halogenated alkanes) is 1. The van der Waals surface area contributed by atoms with E-state index in [0.29, 0.717) is 37.2 Å². The first-order valence-corrected chi connectivity index (χ1v) is 11.8. The first kappa shape index (κ1) is 26.7. The van der Waals surface area contributed by atoms with Crippen LogP contribution < -0.4 is 9.47 Å². The van der Waals surface area contributed by atoms with Gasteiger partial charge in [-0.3, -0.25) is 14.5 Å². The van der Waals surface area contributed by atoms with Gasteiger partial charge in [0.15, 0.2) is 18.1 Å². The highest BCUT2D eigenvalue weighted by atomic mass is 19.1. The maximum Gasteiger partial charge on any atom is 0.475 e. The molecule has 11 heteroatoms. The summed E-state index contributed by atoms with van der Waals surface area (Å²) >= 11 is 0. The monoisotopic (exact) mass is 497 g/mol. The molecule has 0 bridgehead atoms. The minimum atomic E-state index is -1.05. The summed E-state index contributed by atoms with van der Waals surface area (Å²) in [6.45, 7) is -0.430. The summed E-state index contributed by atoms with van der Waals surface area (Å²) in [6.07, 6.45) is 2.06. The fourth-order valence-corrected chi connectivity index (χ4v) is 5.47. The minimum absolute atomic E-state index is 0.0399. The molecule has 194 valence electrons. The van der Waals surface area contributed by atoms with Crippen molar-refractivity contribution in [2.45, 2.75) is 62.5 Å². The highest BCUT2D eigenvalue weighted by molar-refractivity contribution is 5.82. The number of benzene rings is 1. The summed E-state index contributed by atoms with van der Waals surface area (Å²) in [5, 5.41) is 7.88. The van der Waals surface area contributed by atoms with Crippen LogP contribution in [0.5, 0.6) is 11.5 Å². The van der Waals surface area contributed by atoms with Crippen LogP contribution >= 0.6 is 0 Å². The number of hydrogen-bond donors (Lipinski definition) is 1. The molecule has 3 rings (SSSR count). The first-order chi connectivity index (χ1) is 16.8. The van der Waals surface area contributed by atoms with Crippen molar-refractivity contribution in [1.29, 1.82) is 0 Å². The third kappa shape index (κ3) is 5.66. The van der Waals surface area contributed by atoms with Crippen LogP contribution in [0, 0.1) is 4.91 Å². The molecule has 1 fully saturated rings. The molecule has 0 amide bonds. The summed E-state index contributed by atoms with van der Waals surface area (Å²) in [5.74, 6) is 0.183. The van der Waals surface area contributed by atoms with Crippen LogP contribution in [-0.2, 0) is 25.6 Å². The van der Waals surface area contributed by atoms with Crippen LogP contribution in [0.15, 0.2) is 12.1 Å². The fourth-order valence-electron chi connectivity index (χ4n) is 5.47. The zero-order valence-electron chi connectivity index (χ0n) is 20.5. The van der Waals surface area contributed by atoms with E-state index in [2.05, 4.69) is 4.84 Å². The fraction of sp³-hybridized carbons (Fsp3) is 0.667. The molecule has 0 aromatic heterocycles. The number of esters is 1. The number of likely N-dealkylation sites (N-methyl/N-ethyl adjacent to an activating group) is 1. The van der Waals surface area contributed by atoms with Crippen molar-refractivity contribution < 1.29 is 43.3 Å². The Morgan fingerprint density at radius 3 is 2.69 bits per heavy atom. The number of nitrogens with zero attached hydrogens (tertiary/aromatic N) is 2. The Morgan fingerprint density at radius 2 is 2.03 bits per heavy atom. The van der Waals surface area contributed by atoms with E-state index in [0.717, 1.165) is 11.1 Å². The number of carbonyl (C=O) groups excluding carboxylic acids is 2. The lowest BCUT2D eigenvalue weighted by molar-refractivity contribution is -0.975. The number of methoxy groups -OCH3 is 2. The number of fused-ring (bicyclic) bond motifs is 3. The molecule has 10 nitrogen and oxygen atoms in total. The number of alkyl halides is 1. The van der Waals surface area contributed by atoms with E-state index in [9.17, 15) is 18.9 Å². The number of carbonyl (C=O) groups is 2. The topological polar surface area (TPSA) is 115 Å². The van der Waals surface area contributed by atoms with Crippen LogP contribution in [0.25, 0.3) is 0 Å². The minimum Gasteiger partial charge on any atom is -0.493 e. The molecule has 0 radical (unpaired) electrons. The summed E-state index contributed by atoms with van der Waals surface area (Å²) < 4.78 is 30.8. The van der Waals surface area contributed by atoms with Gasteiger partial charge in [0, 0.05) is 37.3 Å². The van der Waals surface area contributed by atoms with E-state index < -0.39 is 29.2 Å². The molecular formula is C24H34FN2O8+. The van der Waals surface area contributed by atoms with E-state index in [1.54, 1.807) is 7.05 Å². The summed E-state index contributed by atoms with van der Waals surface area (Å²) in [6, 6.07) is 3.40. The van der Waals surface area contributed by atoms with E-state index in [4.69, 9.17) is 19.4 Å². The average molecular weight is 498 g/mol. The number of ketones is 1. The molecule has 2 aliphatic rings. The third-order valence-corrected chi connectivity index (χ3v) is 7.07. The van der Waals surface area contributed by atoms with E-state index in [1.807, 2.05) is 17.0 Å². The number of halogens is 1. The zero-order valence-corrected chi connectivity index (χ0v) is 20.5. The van der Waals surface area contributed by atoms with Gasteiger partial charge >= 0.3 is 11.1 Å². The normalized spacial score (nSPS) is 23.3. The number of ether oxygens (including phenoxy) is 3. The quantitative estimate of drug-likeness (QED) is 0.264. The van der Waals surface area contributed by atoms with Crippen molar-refractivity contribution in [2.24, 2.45) is 0 Å². The molecule has 2 aliphatic carbocycles. The molecule has 1 saturated carbocycles. The number of rotatable bonds is 12. The maximum atomic E-state index is 13.4. The summed E-state index contributed by atoms with van der Waals surface area (Å²) in [4.78, 5) is 42.4. The van der Waals surface area contributed by atoms with Crippen LogP contribution in [0.2, 0.25) is 0 Å². The molecular weight excluding hydrogens is 463 g/mol. The van der Waals surface area contributed by atoms with Crippen molar-refractivity contribution in [3.05, 3.63) is 28.2 Å². The number of hydrogen-bond acceptors (Lipinski definition) is 8. The van der Waals surface area contributed by atoms with Gasteiger partial charge in [0.1, 0.15) is 23.0 Å². The van der Waals surface area contributed by atoms with E-state index in [1.165, 1.54) is 14.2 Å². The van der Waals surface area contributed by atoms with Gasteiger partial charge in [-0.25, -0.2) is 9.60 Å². The van der Waals surface area contributed by atoms with Crippen LogP contribution in [0.3, 0.4) is 0 Å². The molecule has 0 heterocycles. The van der Waals surface area contributed by atoms with Gasteiger partial charge in [0.25, 0.3) is 0 Å². The standard InChI is InChI=1S/C24H34FN2O8/c1-26(12-11-25)20-14-16-7-8-19(32-2)23(33-3)22(16)18-15-17(28)9-10-24(18,20)35-21(29)6-4-5-13-34-27(30)31/h7-8,18,20H,4-6,9-15H2,1-3H3,(H,30,31)/q+1. The van der Waals surface area contributed by atoms with Gasteiger partial charge in [0.2, 0.25) is 0 Å². The molecule has 0 saturated heterocycles. The lowest BCUT2D eigenvalue weighted by Crippen LogP contribution is -2.62. The van der Waals surface area contributed by atoms with Crippen molar-refractivity contribution in [2.75, 3.05) is 41.1 Å². The molecule has 1 aromatic rings. The highest BCUT2D eigenvalue weighted by Gasteiger charge is 2.57. The maximum absolute atomic E-state index is 13.4. The van der Waals surface area contributed by atoms with Crippen molar-refractivity contribution in [1.82, 2.24) is 4.90 Å². The zero-order chi connectivity index (χ0) is 25.6. The first-order valence-electron chi connectivity index (χ1n) is 11.8. The Labute approximate surface area is 203 Å². The average Bonchev–Trinajstić information content (AvgIpc) is 2.82. The smallest absolute Gasteiger partial charge is 0.475 e. The van der Waals surface area contributed by atoms with Crippen molar-refractivity contribution >= 4 is 11.8 Å². The van der Waals surface area contributed by atoms with Gasteiger partial charge in [-0.2, -0.15) is 4.84 Å². The third-order valence-electron chi connectivity index (χ3n) is 7.07. The van der Waals surface area contributed by atoms with Crippen LogP contribution in [0.1, 0.15) is 55.6 Å². The SMILES string of the molecule is COc1ccc2c(c1OC)C1CC(=O)CCC1(OC(=O)CCCCO[N+](=O)O)C(N(C)CCF)C2. The van der Waals surface area contributed by atoms with Gasteiger partial charge in [0.05, 0.1) is 20.3 Å². The van der Waals surface area contributed by atoms with Crippen molar-refractivity contribution in [3.63, 3.8) is 0 Å². The molecule has 1 aromatic carbocycles. The predicted octanol–water partition coefficient (Wildman–Crippen LogP) is 2.92. The van der Waals surface area contributed by atoms with Crippen LogP contribution in [0.4, 0.5) is 4.39 Å². The molecule has 0 spiro atoms. The Bertz CT molecular complexity index is 942. The second-order valence-corrected chi connectivity index (χ2v) is 9.02. The Morgan fingerprint density at radius 1 is 1.26 bits per heavy atom. The van der Waals surface area contributed by atoms with E-state index >= 15 is 0 Å². The second-order valence-electron chi connectivity index (χ2n) is 9.02. The van der Waals surface area contributed by atoms with E-state index in [-0.39, 0.29) is 44.2 Å². The Kier molecular flexibility index (Phi) is 8.87. The second kappa shape index (κ2) is 11.7. The van der Waals surface area contributed by atoms with Gasteiger partial charge in [-0.15, -0.1) is 0 Å². The lowest BCUT2D eigenvalue weighted by Gasteiger charge is -2.54. The summed E-state index contributed by atoms with van der Waals surface area (Å²) in [5.41, 5.74) is 0.701. The number of Topliss-reactive ketones (excluding diaryl/α,β-unsaturated/α-hetero) is 1. The molecule has 1 N–H and O–H groups in total. The Balaban J connectivity index is 1.98. The molecule has 0 aliphatic heterocycles. The van der Waals surface area contributed by atoms with Crippen molar-refractivity contribution in [3.8, 4) is 11.5 Å².